The van der Waals surface area contributed by atoms with Gasteiger partial charge in [-0.3, -0.25) is 9.79 Å². The standard InChI is InChI=1S/C16H25ClN4O3/c1-18-16(21-11-15(22)19-8-9-23-2)20-7-6-12-4-5-13(24-3)10-14(12)17/h4-5,10H,6-9,11H2,1-3H3,(H,19,22)(H2,18,20,21). The predicted octanol–water partition coefficient (Wildman–Crippen LogP) is 0.819. The Hall–Kier alpha value is -1.99. The number of amides is 1. The summed E-state index contributed by atoms with van der Waals surface area (Å²) in [5, 5.41) is 9.48. The number of ether oxygens (including phenoxy) is 2. The molecular weight excluding hydrogens is 332 g/mol. The average Bonchev–Trinajstić information content (AvgIpc) is 2.59. The van der Waals surface area contributed by atoms with Gasteiger partial charge in [-0.2, -0.15) is 0 Å². The molecule has 0 saturated carbocycles. The Morgan fingerprint density at radius 3 is 2.62 bits per heavy atom. The molecule has 0 aromatic heterocycles. The largest absolute Gasteiger partial charge is 0.497 e. The zero-order chi connectivity index (χ0) is 17.8. The number of nitrogens with one attached hydrogen (secondary N) is 3. The second-order valence-electron chi connectivity index (χ2n) is 4.90. The van der Waals surface area contributed by atoms with Crippen LogP contribution >= 0.6 is 11.6 Å². The van der Waals surface area contributed by atoms with Crippen molar-refractivity contribution >= 4 is 23.5 Å². The molecule has 24 heavy (non-hydrogen) atoms. The Bertz CT molecular complexity index is 552. The number of hydrogen-bond donors (Lipinski definition) is 3. The van der Waals surface area contributed by atoms with Crippen LogP contribution in [-0.4, -0.2) is 59.4 Å². The number of rotatable bonds is 9. The summed E-state index contributed by atoms with van der Waals surface area (Å²) in [6, 6.07) is 5.59. The lowest BCUT2D eigenvalue weighted by molar-refractivity contribution is -0.120. The molecule has 8 heteroatoms. The maximum absolute atomic E-state index is 11.6. The SMILES string of the molecule is CN=C(NCCc1ccc(OC)cc1Cl)NCC(=O)NCCOC. The molecule has 134 valence electrons. The first-order valence-corrected chi connectivity index (χ1v) is 8.01. The summed E-state index contributed by atoms with van der Waals surface area (Å²) in [7, 11) is 4.84. The van der Waals surface area contributed by atoms with Crippen molar-refractivity contribution in [3.8, 4) is 5.75 Å². The summed E-state index contributed by atoms with van der Waals surface area (Å²) in [6.07, 6.45) is 0.726. The van der Waals surface area contributed by atoms with Gasteiger partial charge in [-0.15, -0.1) is 0 Å². The van der Waals surface area contributed by atoms with E-state index in [0.717, 1.165) is 17.7 Å². The molecule has 0 atom stereocenters. The number of guanidine groups is 1. The van der Waals surface area contributed by atoms with E-state index in [1.807, 2.05) is 12.1 Å². The van der Waals surface area contributed by atoms with E-state index >= 15 is 0 Å². The highest BCUT2D eigenvalue weighted by Gasteiger charge is 2.05. The van der Waals surface area contributed by atoms with Gasteiger partial charge < -0.3 is 25.4 Å². The van der Waals surface area contributed by atoms with Gasteiger partial charge in [0.05, 0.1) is 20.3 Å². The first-order valence-electron chi connectivity index (χ1n) is 7.63. The summed E-state index contributed by atoms with van der Waals surface area (Å²) in [6.45, 7) is 1.75. The molecule has 0 heterocycles. The molecule has 7 nitrogen and oxygen atoms in total. The van der Waals surface area contributed by atoms with Gasteiger partial charge in [0.2, 0.25) is 5.91 Å². The number of benzene rings is 1. The lowest BCUT2D eigenvalue weighted by Gasteiger charge is -2.12. The van der Waals surface area contributed by atoms with Crippen molar-refractivity contribution in [2.24, 2.45) is 4.99 Å². The second-order valence-corrected chi connectivity index (χ2v) is 5.31. The van der Waals surface area contributed by atoms with Gasteiger partial charge in [0.15, 0.2) is 5.96 Å². The highest BCUT2D eigenvalue weighted by Crippen LogP contribution is 2.22. The summed E-state index contributed by atoms with van der Waals surface area (Å²) < 4.78 is 9.99. The Kier molecular flexibility index (Phi) is 9.64. The molecule has 1 aromatic rings. The smallest absolute Gasteiger partial charge is 0.239 e. The Morgan fingerprint density at radius 2 is 2.00 bits per heavy atom. The van der Waals surface area contributed by atoms with Gasteiger partial charge in [0.1, 0.15) is 5.75 Å². The lowest BCUT2D eigenvalue weighted by Crippen LogP contribution is -2.44. The number of aliphatic imine (C=N–C) groups is 1. The Morgan fingerprint density at radius 1 is 1.21 bits per heavy atom. The molecule has 0 fully saturated rings. The predicted molar refractivity (Wildman–Crippen MR) is 96.0 cm³/mol. The summed E-state index contributed by atoms with van der Waals surface area (Å²) >= 11 is 6.20. The molecule has 0 unspecified atom stereocenters. The third-order valence-electron chi connectivity index (χ3n) is 3.22. The molecule has 0 spiro atoms. The van der Waals surface area contributed by atoms with E-state index in [4.69, 9.17) is 21.1 Å². The lowest BCUT2D eigenvalue weighted by atomic mass is 10.1. The monoisotopic (exact) mass is 356 g/mol. The fraction of sp³-hybridized carbons (Fsp3) is 0.500. The van der Waals surface area contributed by atoms with E-state index in [9.17, 15) is 4.79 Å². The molecule has 0 aliphatic carbocycles. The average molecular weight is 357 g/mol. The third-order valence-corrected chi connectivity index (χ3v) is 3.57. The van der Waals surface area contributed by atoms with E-state index in [1.54, 1.807) is 27.3 Å². The Balaban J connectivity index is 2.33. The van der Waals surface area contributed by atoms with Crippen molar-refractivity contribution in [3.05, 3.63) is 28.8 Å². The number of carbonyl (C=O) groups excluding carboxylic acids is 1. The molecule has 0 bridgehead atoms. The highest BCUT2D eigenvalue weighted by molar-refractivity contribution is 6.31. The molecule has 0 saturated heterocycles. The van der Waals surface area contributed by atoms with Crippen LogP contribution in [0.3, 0.4) is 0 Å². The third kappa shape index (κ3) is 7.52. The number of hydrogen-bond acceptors (Lipinski definition) is 4. The quantitative estimate of drug-likeness (QED) is 0.346. The molecule has 0 radical (unpaired) electrons. The molecule has 1 amide bonds. The molecule has 0 aliphatic heterocycles. The van der Waals surface area contributed by atoms with Crippen molar-refractivity contribution in [2.45, 2.75) is 6.42 Å². The van der Waals surface area contributed by atoms with Gasteiger partial charge in [0.25, 0.3) is 0 Å². The minimum atomic E-state index is -0.117. The fourth-order valence-electron chi connectivity index (χ4n) is 1.91. The Labute approximate surface area is 147 Å². The van der Waals surface area contributed by atoms with Crippen LogP contribution in [0.2, 0.25) is 5.02 Å². The van der Waals surface area contributed by atoms with Crippen molar-refractivity contribution in [1.82, 2.24) is 16.0 Å². The van der Waals surface area contributed by atoms with Crippen LogP contribution in [0.4, 0.5) is 0 Å². The molecule has 1 aromatic carbocycles. The number of methoxy groups -OCH3 is 2. The van der Waals surface area contributed by atoms with E-state index in [1.165, 1.54) is 0 Å². The van der Waals surface area contributed by atoms with Gasteiger partial charge in [0, 0.05) is 32.3 Å². The molecule has 1 rings (SSSR count). The minimum absolute atomic E-state index is 0.117. The zero-order valence-corrected chi connectivity index (χ0v) is 15.1. The van der Waals surface area contributed by atoms with Gasteiger partial charge >= 0.3 is 0 Å². The van der Waals surface area contributed by atoms with Crippen LogP contribution in [0.1, 0.15) is 5.56 Å². The number of nitrogens with zero attached hydrogens (tertiary/aromatic N) is 1. The molecular formula is C16H25ClN4O3. The summed E-state index contributed by atoms with van der Waals surface area (Å²) in [5.41, 5.74) is 1.01. The van der Waals surface area contributed by atoms with Crippen LogP contribution < -0.4 is 20.7 Å². The maximum atomic E-state index is 11.6. The number of carbonyl (C=O) groups is 1. The van der Waals surface area contributed by atoms with Crippen LogP contribution in [-0.2, 0) is 16.0 Å². The normalized spacial score (nSPS) is 11.1. The summed E-state index contributed by atoms with van der Waals surface area (Å²) in [5.74, 6) is 1.17. The second kappa shape index (κ2) is 11.5. The minimum Gasteiger partial charge on any atom is -0.497 e. The summed E-state index contributed by atoms with van der Waals surface area (Å²) in [4.78, 5) is 15.7. The van der Waals surface area contributed by atoms with Crippen LogP contribution in [0.25, 0.3) is 0 Å². The number of halogens is 1. The van der Waals surface area contributed by atoms with Crippen molar-refractivity contribution in [3.63, 3.8) is 0 Å². The van der Waals surface area contributed by atoms with Gasteiger partial charge in [-0.1, -0.05) is 17.7 Å². The van der Waals surface area contributed by atoms with E-state index in [2.05, 4.69) is 20.9 Å². The van der Waals surface area contributed by atoms with Crippen molar-refractivity contribution < 1.29 is 14.3 Å². The van der Waals surface area contributed by atoms with Gasteiger partial charge in [-0.25, -0.2) is 0 Å². The van der Waals surface area contributed by atoms with Crippen LogP contribution in [0.15, 0.2) is 23.2 Å². The highest BCUT2D eigenvalue weighted by atomic mass is 35.5. The molecule has 3 N–H and O–H groups in total. The van der Waals surface area contributed by atoms with Crippen LogP contribution in [0, 0.1) is 0 Å². The first-order chi connectivity index (χ1) is 11.6. The van der Waals surface area contributed by atoms with E-state index in [-0.39, 0.29) is 12.5 Å². The first kappa shape index (κ1) is 20.1. The zero-order valence-electron chi connectivity index (χ0n) is 14.3. The maximum Gasteiger partial charge on any atom is 0.239 e. The van der Waals surface area contributed by atoms with Crippen molar-refractivity contribution in [1.29, 1.82) is 0 Å². The van der Waals surface area contributed by atoms with Gasteiger partial charge in [-0.05, 0) is 24.1 Å². The van der Waals surface area contributed by atoms with E-state index < -0.39 is 0 Å². The molecule has 0 aliphatic rings. The topological polar surface area (TPSA) is 84.0 Å². The fourth-order valence-corrected chi connectivity index (χ4v) is 2.18. The van der Waals surface area contributed by atoms with Crippen LogP contribution in [0.5, 0.6) is 5.75 Å². The van der Waals surface area contributed by atoms with Crippen molar-refractivity contribution in [2.75, 3.05) is 47.5 Å². The van der Waals surface area contributed by atoms with E-state index in [0.29, 0.717) is 30.7 Å².